The van der Waals surface area contributed by atoms with Crippen LogP contribution in [0.4, 0.5) is 0 Å². The molecule has 0 aliphatic rings. The van der Waals surface area contributed by atoms with Crippen LogP contribution in [0.2, 0.25) is 0 Å². The van der Waals surface area contributed by atoms with E-state index in [1.807, 2.05) is 26.0 Å². The van der Waals surface area contributed by atoms with Crippen LogP contribution in [-0.4, -0.2) is 9.78 Å². The molecule has 0 atom stereocenters. The number of nitrogens with zero attached hydrogens (tertiary/aromatic N) is 3. The molecule has 0 unspecified atom stereocenters. The highest BCUT2D eigenvalue weighted by molar-refractivity contribution is 9.11. The maximum Gasteiger partial charge on any atom is 0.146 e. The highest BCUT2D eigenvalue weighted by Gasteiger charge is 2.11. The fourth-order valence-corrected chi connectivity index (χ4v) is 2.66. The lowest BCUT2D eigenvalue weighted by Gasteiger charge is -1.93. The van der Waals surface area contributed by atoms with E-state index in [9.17, 15) is 0 Å². The molecule has 0 aliphatic carbocycles. The summed E-state index contributed by atoms with van der Waals surface area (Å²) in [4.78, 5) is 0. The Hall–Kier alpha value is -0.860. The molecule has 0 aliphatic heterocycles. The first-order chi connectivity index (χ1) is 7.63. The molecule has 0 fully saturated rings. The van der Waals surface area contributed by atoms with Crippen molar-refractivity contribution in [1.29, 1.82) is 5.26 Å². The molecule has 1 aromatic carbocycles. The van der Waals surface area contributed by atoms with Crippen LogP contribution < -0.4 is 0 Å². The zero-order chi connectivity index (χ0) is 12.3. The van der Waals surface area contributed by atoms with Crippen molar-refractivity contribution in [3.8, 4) is 6.07 Å². The molecule has 3 nitrogen and oxygen atoms in total. The van der Waals surface area contributed by atoms with Crippen molar-refractivity contribution in [1.82, 2.24) is 9.78 Å². The Labute approximate surface area is 111 Å². The molecule has 2 aromatic rings. The minimum Gasteiger partial charge on any atom is -0.257 e. The third-order valence-corrected chi connectivity index (χ3v) is 3.03. The number of aryl methyl sites for hydroxylation is 1. The van der Waals surface area contributed by atoms with E-state index >= 15 is 0 Å². The van der Waals surface area contributed by atoms with Crippen LogP contribution in [0.15, 0.2) is 21.1 Å². The minimum atomic E-state index is 0.571. The van der Waals surface area contributed by atoms with Gasteiger partial charge in [-0.15, -0.1) is 0 Å². The molecule has 0 saturated heterocycles. The third-order valence-electron chi connectivity index (χ3n) is 1.96. The second-order valence-corrected chi connectivity index (χ2v) is 4.64. The van der Waals surface area contributed by atoms with Crippen molar-refractivity contribution < 1.29 is 0 Å². The number of nitriles is 1. The highest BCUT2D eigenvalue weighted by atomic mass is 79.9. The number of fused-ring (bicyclic) bond motifs is 1. The van der Waals surface area contributed by atoms with E-state index in [4.69, 9.17) is 5.26 Å². The van der Waals surface area contributed by atoms with Crippen molar-refractivity contribution in [2.24, 2.45) is 7.05 Å². The quantitative estimate of drug-likeness (QED) is 0.724. The van der Waals surface area contributed by atoms with E-state index in [1.54, 1.807) is 11.7 Å². The summed E-state index contributed by atoms with van der Waals surface area (Å²) in [6.07, 6.45) is 0. The molecule has 1 aromatic heterocycles. The molecule has 2 rings (SSSR count). The zero-order valence-electron chi connectivity index (χ0n) is 9.25. The van der Waals surface area contributed by atoms with Gasteiger partial charge in [-0.1, -0.05) is 29.8 Å². The lowest BCUT2D eigenvalue weighted by Crippen LogP contribution is -1.92. The van der Waals surface area contributed by atoms with E-state index < -0.39 is 0 Å². The fraction of sp³-hybridized carbons (Fsp3) is 0.273. The molecule has 0 saturated carbocycles. The standard InChI is InChI=1S/C9H5Br2N3.C2H6/c1-14-8(4-12)6-2-5(10)3-7(11)9(6)13-14;1-2/h2-3H,1H3;1-2H3. The van der Waals surface area contributed by atoms with Gasteiger partial charge in [0.15, 0.2) is 0 Å². The Morgan fingerprint density at radius 3 is 2.50 bits per heavy atom. The Kier molecular flexibility index (Phi) is 4.51. The normalized spacial score (nSPS) is 9.50. The first-order valence-corrected chi connectivity index (χ1v) is 6.44. The average Bonchev–Trinajstić information content (AvgIpc) is 2.57. The van der Waals surface area contributed by atoms with Gasteiger partial charge in [-0.25, -0.2) is 0 Å². The van der Waals surface area contributed by atoms with Crippen LogP contribution in [-0.2, 0) is 7.05 Å². The van der Waals surface area contributed by atoms with Gasteiger partial charge in [-0.3, -0.25) is 4.68 Å². The maximum atomic E-state index is 8.95. The van der Waals surface area contributed by atoms with E-state index in [1.165, 1.54) is 0 Å². The van der Waals surface area contributed by atoms with Gasteiger partial charge >= 0.3 is 0 Å². The summed E-state index contributed by atoms with van der Waals surface area (Å²) in [5.41, 5.74) is 1.38. The highest BCUT2D eigenvalue weighted by Crippen LogP contribution is 2.29. The van der Waals surface area contributed by atoms with Gasteiger partial charge in [-0.2, -0.15) is 10.4 Å². The summed E-state index contributed by atoms with van der Waals surface area (Å²) in [5, 5.41) is 14.1. The molecule has 0 N–H and O–H groups in total. The van der Waals surface area contributed by atoms with Crippen LogP contribution >= 0.6 is 31.9 Å². The molecule has 1 heterocycles. The van der Waals surface area contributed by atoms with Gasteiger partial charge in [0.1, 0.15) is 17.3 Å². The summed E-state index contributed by atoms with van der Waals surface area (Å²) in [6.45, 7) is 4.00. The van der Waals surface area contributed by atoms with Gasteiger partial charge in [0.2, 0.25) is 0 Å². The smallest absolute Gasteiger partial charge is 0.146 e. The summed E-state index contributed by atoms with van der Waals surface area (Å²) >= 11 is 6.79. The average molecular weight is 345 g/mol. The third kappa shape index (κ3) is 2.28. The number of benzene rings is 1. The van der Waals surface area contributed by atoms with E-state index in [-0.39, 0.29) is 0 Å². The number of halogens is 2. The Bertz CT molecular complexity index is 552. The van der Waals surface area contributed by atoms with Crippen molar-refractivity contribution in [3.05, 3.63) is 26.8 Å². The first-order valence-electron chi connectivity index (χ1n) is 4.85. The Morgan fingerprint density at radius 1 is 1.31 bits per heavy atom. The number of rotatable bonds is 0. The largest absolute Gasteiger partial charge is 0.257 e. The summed E-state index contributed by atoms with van der Waals surface area (Å²) in [5.74, 6) is 0. The minimum absolute atomic E-state index is 0.571. The molecular formula is C11H11Br2N3. The molecule has 16 heavy (non-hydrogen) atoms. The molecule has 5 heteroatoms. The predicted octanol–water partition coefficient (Wildman–Crippen LogP) is 4.00. The lowest BCUT2D eigenvalue weighted by molar-refractivity contribution is 0.767. The Morgan fingerprint density at radius 2 is 1.94 bits per heavy atom. The first kappa shape index (κ1) is 13.2. The van der Waals surface area contributed by atoms with Gasteiger partial charge in [-0.05, 0) is 28.1 Å². The van der Waals surface area contributed by atoms with Gasteiger partial charge in [0.05, 0.1) is 0 Å². The van der Waals surface area contributed by atoms with E-state index in [0.717, 1.165) is 19.8 Å². The van der Waals surface area contributed by atoms with Gasteiger partial charge in [0, 0.05) is 21.4 Å². The molecule has 0 bridgehead atoms. The van der Waals surface area contributed by atoms with Crippen molar-refractivity contribution in [2.45, 2.75) is 13.8 Å². The predicted molar refractivity (Wildman–Crippen MR) is 72.2 cm³/mol. The molecular weight excluding hydrogens is 334 g/mol. The second-order valence-electron chi connectivity index (χ2n) is 2.87. The molecule has 0 amide bonds. The van der Waals surface area contributed by atoms with Crippen molar-refractivity contribution >= 4 is 42.8 Å². The van der Waals surface area contributed by atoms with Crippen LogP contribution in [0.3, 0.4) is 0 Å². The van der Waals surface area contributed by atoms with E-state index in [2.05, 4.69) is 43.0 Å². The lowest BCUT2D eigenvalue weighted by atomic mass is 10.2. The van der Waals surface area contributed by atoms with Crippen LogP contribution in [0.1, 0.15) is 19.5 Å². The number of hydrogen-bond donors (Lipinski definition) is 0. The topological polar surface area (TPSA) is 41.6 Å². The van der Waals surface area contributed by atoms with Crippen molar-refractivity contribution in [3.63, 3.8) is 0 Å². The molecule has 0 spiro atoms. The van der Waals surface area contributed by atoms with Crippen LogP contribution in [0, 0.1) is 11.3 Å². The van der Waals surface area contributed by atoms with Gasteiger partial charge in [0.25, 0.3) is 0 Å². The Balaban J connectivity index is 0.000000606. The monoisotopic (exact) mass is 343 g/mol. The summed E-state index contributed by atoms with van der Waals surface area (Å²) < 4.78 is 3.40. The molecule has 84 valence electrons. The van der Waals surface area contributed by atoms with Gasteiger partial charge < -0.3 is 0 Å². The zero-order valence-corrected chi connectivity index (χ0v) is 12.4. The summed E-state index contributed by atoms with van der Waals surface area (Å²) in [6, 6.07) is 5.94. The van der Waals surface area contributed by atoms with E-state index in [0.29, 0.717) is 5.69 Å². The number of hydrogen-bond acceptors (Lipinski definition) is 2. The van der Waals surface area contributed by atoms with Crippen molar-refractivity contribution in [2.75, 3.05) is 0 Å². The molecule has 0 radical (unpaired) electrons. The van der Waals surface area contributed by atoms with Crippen LogP contribution in [0.25, 0.3) is 10.9 Å². The second kappa shape index (κ2) is 5.46. The maximum absolute atomic E-state index is 8.95. The SMILES string of the molecule is CC.Cn1nc2c(Br)cc(Br)cc2c1C#N. The number of aromatic nitrogens is 2. The van der Waals surface area contributed by atoms with Crippen LogP contribution in [0.5, 0.6) is 0 Å². The fourth-order valence-electron chi connectivity index (χ4n) is 1.36. The summed E-state index contributed by atoms with van der Waals surface area (Å²) in [7, 11) is 1.76.